The van der Waals surface area contributed by atoms with E-state index in [0.717, 1.165) is 28.7 Å². The summed E-state index contributed by atoms with van der Waals surface area (Å²) in [5.74, 6) is 0.689. The lowest BCUT2D eigenvalue weighted by Crippen LogP contribution is -2.05. The van der Waals surface area contributed by atoms with E-state index in [4.69, 9.17) is 4.42 Å². The van der Waals surface area contributed by atoms with Gasteiger partial charge < -0.3 is 9.73 Å². The monoisotopic (exact) mass is 207 g/mol. The van der Waals surface area contributed by atoms with E-state index >= 15 is 0 Å². The van der Waals surface area contributed by atoms with Gasteiger partial charge in [-0.3, -0.25) is 0 Å². The molecule has 80 valence electrons. The standard InChI is InChI=1S/C12H14FNO/c1-3-9-10-6-8(13)4-5-11(10)15-12(9)7-14-2/h4-6,14H,3,7H2,1-2H3. The van der Waals surface area contributed by atoms with Crippen molar-refractivity contribution < 1.29 is 8.81 Å². The molecule has 0 aliphatic rings. The third-order valence-corrected chi connectivity index (χ3v) is 2.53. The first kappa shape index (κ1) is 10.2. The predicted molar refractivity (Wildman–Crippen MR) is 58.3 cm³/mol. The molecule has 0 spiro atoms. The van der Waals surface area contributed by atoms with Crippen molar-refractivity contribution in [1.29, 1.82) is 0 Å². The number of fused-ring (bicyclic) bond motifs is 1. The molecule has 1 N–H and O–H groups in total. The van der Waals surface area contributed by atoms with Crippen LogP contribution in [0.1, 0.15) is 18.2 Å². The van der Waals surface area contributed by atoms with Crippen molar-refractivity contribution in [3.8, 4) is 0 Å². The van der Waals surface area contributed by atoms with Gasteiger partial charge in [0.25, 0.3) is 0 Å². The zero-order valence-electron chi connectivity index (χ0n) is 8.93. The topological polar surface area (TPSA) is 25.2 Å². The second-order valence-corrected chi connectivity index (χ2v) is 3.53. The van der Waals surface area contributed by atoms with Crippen molar-refractivity contribution in [3.63, 3.8) is 0 Å². The lowest BCUT2D eigenvalue weighted by molar-refractivity contribution is 0.524. The zero-order valence-corrected chi connectivity index (χ0v) is 8.93. The minimum atomic E-state index is -0.214. The molecule has 2 rings (SSSR count). The Morgan fingerprint density at radius 3 is 2.87 bits per heavy atom. The van der Waals surface area contributed by atoms with Crippen molar-refractivity contribution in [2.75, 3.05) is 7.05 Å². The Balaban J connectivity index is 2.63. The van der Waals surface area contributed by atoms with Crippen LogP contribution in [0.4, 0.5) is 4.39 Å². The predicted octanol–water partition coefficient (Wildman–Crippen LogP) is 2.85. The molecule has 2 aromatic rings. The van der Waals surface area contributed by atoms with Crippen LogP contribution in [0, 0.1) is 5.82 Å². The molecular formula is C12H14FNO. The Labute approximate surface area is 88.1 Å². The SMILES string of the molecule is CCc1c(CNC)oc2ccc(F)cc12. The highest BCUT2D eigenvalue weighted by atomic mass is 19.1. The van der Waals surface area contributed by atoms with E-state index in [1.807, 2.05) is 14.0 Å². The Morgan fingerprint density at radius 2 is 2.20 bits per heavy atom. The molecule has 1 aromatic carbocycles. The van der Waals surface area contributed by atoms with Crippen molar-refractivity contribution in [2.24, 2.45) is 0 Å². The molecule has 2 nitrogen and oxygen atoms in total. The van der Waals surface area contributed by atoms with Crippen LogP contribution in [-0.2, 0) is 13.0 Å². The Morgan fingerprint density at radius 1 is 1.40 bits per heavy atom. The molecule has 3 heteroatoms. The van der Waals surface area contributed by atoms with Crippen LogP contribution in [0.2, 0.25) is 0 Å². The van der Waals surface area contributed by atoms with Crippen LogP contribution in [-0.4, -0.2) is 7.05 Å². The molecule has 1 aromatic heterocycles. The van der Waals surface area contributed by atoms with Gasteiger partial charge in [0.2, 0.25) is 0 Å². The molecule has 0 radical (unpaired) electrons. The first-order chi connectivity index (χ1) is 7.26. The maximum Gasteiger partial charge on any atom is 0.134 e. The first-order valence-electron chi connectivity index (χ1n) is 5.10. The summed E-state index contributed by atoms with van der Waals surface area (Å²) in [6.07, 6.45) is 0.855. The quantitative estimate of drug-likeness (QED) is 0.837. The number of hydrogen-bond donors (Lipinski definition) is 1. The van der Waals surface area contributed by atoms with Crippen LogP contribution in [0.3, 0.4) is 0 Å². The molecule has 0 fully saturated rings. The van der Waals surface area contributed by atoms with E-state index in [2.05, 4.69) is 5.32 Å². The van der Waals surface area contributed by atoms with E-state index < -0.39 is 0 Å². The van der Waals surface area contributed by atoms with Gasteiger partial charge in [0.05, 0.1) is 6.54 Å². The number of benzene rings is 1. The highest BCUT2D eigenvalue weighted by molar-refractivity contribution is 5.82. The summed E-state index contributed by atoms with van der Waals surface area (Å²) < 4.78 is 18.7. The number of hydrogen-bond acceptors (Lipinski definition) is 2. The average Bonchev–Trinajstić information content (AvgIpc) is 2.55. The fraction of sp³-hybridized carbons (Fsp3) is 0.333. The third kappa shape index (κ3) is 1.75. The van der Waals surface area contributed by atoms with Crippen LogP contribution in [0.15, 0.2) is 22.6 Å². The van der Waals surface area contributed by atoms with Crippen LogP contribution >= 0.6 is 0 Å². The molecule has 0 atom stereocenters. The molecular weight excluding hydrogens is 193 g/mol. The first-order valence-corrected chi connectivity index (χ1v) is 5.10. The second kappa shape index (κ2) is 4.03. The smallest absolute Gasteiger partial charge is 0.134 e. The summed E-state index contributed by atoms with van der Waals surface area (Å²) in [6, 6.07) is 4.65. The summed E-state index contributed by atoms with van der Waals surface area (Å²) in [5.41, 5.74) is 1.86. The van der Waals surface area contributed by atoms with Crippen molar-refractivity contribution in [1.82, 2.24) is 5.32 Å². The Kier molecular flexibility index (Phi) is 2.73. The van der Waals surface area contributed by atoms with Crippen LogP contribution in [0.5, 0.6) is 0 Å². The van der Waals surface area contributed by atoms with Gasteiger partial charge in [0.15, 0.2) is 0 Å². The lowest BCUT2D eigenvalue weighted by Gasteiger charge is -1.97. The molecule has 1 heterocycles. The van der Waals surface area contributed by atoms with Gasteiger partial charge in [-0.1, -0.05) is 6.92 Å². The van der Waals surface area contributed by atoms with Gasteiger partial charge in [0.1, 0.15) is 17.2 Å². The van der Waals surface area contributed by atoms with Crippen molar-refractivity contribution in [2.45, 2.75) is 19.9 Å². The minimum Gasteiger partial charge on any atom is -0.459 e. The van der Waals surface area contributed by atoms with Crippen LogP contribution in [0.25, 0.3) is 11.0 Å². The molecule has 0 aliphatic heterocycles. The zero-order chi connectivity index (χ0) is 10.8. The van der Waals surface area contributed by atoms with Crippen LogP contribution < -0.4 is 5.32 Å². The molecule has 15 heavy (non-hydrogen) atoms. The van der Waals surface area contributed by atoms with E-state index in [9.17, 15) is 4.39 Å². The number of furan rings is 1. The summed E-state index contributed by atoms with van der Waals surface area (Å²) >= 11 is 0. The van der Waals surface area contributed by atoms with E-state index in [1.165, 1.54) is 12.1 Å². The maximum absolute atomic E-state index is 13.1. The highest BCUT2D eigenvalue weighted by Gasteiger charge is 2.12. The lowest BCUT2D eigenvalue weighted by atomic mass is 10.1. The Bertz CT molecular complexity index is 476. The van der Waals surface area contributed by atoms with E-state index in [-0.39, 0.29) is 5.82 Å². The maximum atomic E-state index is 13.1. The summed E-state index contributed by atoms with van der Waals surface area (Å²) in [7, 11) is 1.87. The molecule has 0 aliphatic carbocycles. The van der Waals surface area contributed by atoms with Gasteiger partial charge in [-0.05, 0) is 31.7 Å². The van der Waals surface area contributed by atoms with E-state index in [0.29, 0.717) is 6.54 Å². The van der Waals surface area contributed by atoms with Crippen molar-refractivity contribution in [3.05, 3.63) is 35.3 Å². The minimum absolute atomic E-state index is 0.214. The molecule has 0 bridgehead atoms. The number of halogens is 1. The summed E-state index contributed by atoms with van der Waals surface area (Å²) in [6.45, 7) is 2.73. The normalized spacial score (nSPS) is 11.1. The fourth-order valence-electron chi connectivity index (χ4n) is 1.86. The summed E-state index contributed by atoms with van der Waals surface area (Å²) in [5, 5.41) is 3.94. The van der Waals surface area contributed by atoms with Gasteiger partial charge in [0, 0.05) is 10.9 Å². The fourth-order valence-corrected chi connectivity index (χ4v) is 1.86. The second-order valence-electron chi connectivity index (χ2n) is 3.53. The number of nitrogens with one attached hydrogen (secondary N) is 1. The largest absolute Gasteiger partial charge is 0.459 e. The number of aryl methyl sites for hydroxylation is 1. The molecule has 0 saturated heterocycles. The van der Waals surface area contributed by atoms with E-state index in [1.54, 1.807) is 6.07 Å². The molecule has 0 unspecified atom stereocenters. The van der Waals surface area contributed by atoms with Gasteiger partial charge in [-0.2, -0.15) is 0 Å². The van der Waals surface area contributed by atoms with Gasteiger partial charge in [-0.15, -0.1) is 0 Å². The summed E-state index contributed by atoms with van der Waals surface area (Å²) in [4.78, 5) is 0. The molecule has 0 saturated carbocycles. The Hall–Kier alpha value is -1.35. The third-order valence-electron chi connectivity index (χ3n) is 2.53. The average molecular weight is 207 g/mol. The number of rotatable bonds is 3. The highest BCUT2D eigenvalue weighted by Crippen LogP contribution is 2.27. The van der Waals surface area contributed by atoms with Gasteiger partial charge >= 0.3 is 0 Å². The molecule has 0 amide bonds. The van der Waals surface area contributed by atoms with Crippen molar-refractivity contribution >= 4 is 11.0 Å². The van der Waals surface area contributed by atoms with Gasteiger partial charge in [-0.25, -0.2) is 4.39 Å².